The summed E-state index contributed by atoms with van der Waals surface area (Å²) in [6, 6.07) is 2.88. The number of nitrogens with zero attached hydrogens (tertiary/aromatic N) is 3. The Morgan fingerprint density at radius 2 is 2.05 bits per heavy atom. The Balaban J connectivity index is 1.81. The van der Waals surface area contributed by atoms with Gasteiger partial charge in [0.05, 0.1) is 13.2 Å². The highest BCUT2D eigenvalue weighted by Crippen LogP contribution is 2.31. The Bertz CT molecular complexity index is 443. The molecule has 0 unspecified atom stereocenters. The lowest BCUT2D eigenvalue weighted by Gasteiger charge is -2.29. The Labute approximate surface area is 115 Å². The number of pyridine rings is 1. The molecule has 2 fully saturated rings. The maximum atomic E-state index is 5.40. The van der Waals surface area contributed by atoms with Crippen molar-refractivity contribution in [2.24, 2.45) is 0 Å². The fraction of sp³-hybridized carbons (Fsp3) is 0.667. The first-order valence-corrected chi connectivity index (χ1v) is 7.25. The maximum absolute atomic E-state index is 5.40. The van der Waals surface area contributed by atoms with E-state index >= 15 is 0 Å². The smallest absolute Gasteiger partial charge is 0.131 e. The Hall–Kier alpha value is -1.13. The quantitative estimate of drug-likeness (QED) is 0.814. The van der Waals surface area contributed by atoms with Crippen molar-refractivity contribution in [3.8, 4) is 0 Å². The first-order valence-electron chi connectivity index (χ1n) is 7.25. The van der Waals surface area contributed by atoms with Gasteiger partial charge in [0.1, 0.15) is 5.82 Å². The fourth-order valence-electron chi connectivity index (χ4n) is 3.21. The molecule has 3 heterocycles. The Kier molecular flexibility index (Phi) is 3.71. The van der Waals surface area contributed by atoms with Crippen molar-refractivity contribution < 1.29 is 4.74 Å². The summed E-state index contributed by atoms with van der Waals surface area (Å²) in [6.45, 7) is 6.92. The second-order valence-electron chi connectivity index (χ2n) is 5.65. The molecule has 0 N–H and O–H groups in total. The van der Waals surface area contributed by atoms with Crippen molar-refractivity contribution in [1.82, 2.24) is 9.88 Å². The first kappa shape index (κ1) is 12.9. The summed E-state index contributed by atoms with van der Waals surface area (Å²) in [5.41, 5.74) is 2.66. The van der Waals surface area contributed by atoms with Crippen molar-refractivity contribution in [3.05, 3.63) is 23.4 Å². The van der Waals surface area contributed by atoms with Crippen molar-refractivity contribution in [2.75, 3.05) is 44.8 Å². The van der Waals surface area contributed by atoms with Gasteiger partial charge in [-0.15, -0.1) is 0 Å². The van der Waals surface area contributed by atoms with E-state index in [4.69, 9.17) is 9.72 Å². The van der Waals surface area contributed by atoms with Gasteiger partial charge in [-0.05, 0) is 50.6 Å². The first-order chi connectivity index (χ1) is 9.25. The molecule has 2 aliphatic rings. The number of likely N-dealkylation sites (tertiary alicyclic amines) is 1. The molecule has 0 radical (unpaired) electrons. The number of rotatable bonds is 2. The SMILES string of the molecule is Cc1cc([C@H]2CCCN2C)cnc1N1CCOCC1. The number of hydrogen-bond acceptors (Lipinski definition) is 4. The van der Waals surface area contributed by atoms with Gasteiger partial charge in [0.25, 0.3) is 0 Å². The Morgan fingerprint density at radius 1 is 1.26 bits per heavy atom. The molecule has 4 heteroatoms. The molecular formula is C15H23N3O. The lowest BCUT2D eigenvalue weighted by molar-refractivity contribution is 0.122. The van der Waals surface area contributed by atoms with Crippen LogP contribution >= 0.6 is 0 Å². The van der Waals surface area contributed by atoms with Gasteiger partial charge >= 0.3 is 0 Å². The van der Waals surface area contributed by atoms with Crippen molar-refractivity contribution in [3.63, 3.8) is 0 Å². The second-order valence-corrected chi connectivity index (χ2v) is 5.65. The molecule has 2 saturated heterocycles. The van der Waals surface area contributed by atoms with Crippen molar-refractivity contribution >= 4 is 5.82 Å². The second kappa shape index (κ2) is 5.47. The van der Waals surface area contributed by atoms with Crippen molar-refractivity contribution in [1.29, 1.82) is 0 Å². The molecule has 0 amide bonds. The van der Waals surface area contributed by atoms with Crippen LogP contribution in [0.25, 0.3) is 0 Å². The number of morpholine rings is 1. The third kappa shape index (κ3) is 2.60. The monoisotopic (exact) mass is 261 g/mol. The van der Waals surface area contributed by atoms with Crippen LogP contribution < -0.4 is 4.90 Å². The molecular weight excluding hydrogens is 238 g/mol. The molecule has 0 bridgehead atoms. The van der Waals surface area contributed by atoms with E-state index in [-0.39, 0.29) is 0 Å². The van der Waals surface area contributed by atoms with E-state index in [9.17, 15) is 0 Å². The maximum Gasteiger partial charge on any atom is 0.131 e. The molecule has 0 spiro atoms. The van der Waals surface area contributed by atoms with E-state index in [0.717, 1.165) is 32.1 Å². The molecule has 4 nitrogen and oxygen atoms in total. The van der Waals surface area contributed by atoms with Gasteiger partial charge in [-0.1, -0.05) is 0 Å². The highest BCUT2D eigenvalue weighted by atomic mass is 16.5. The predicted octanol–water partition coefficient (Wildman–Crippen LogP) is 1.99. The van der Waals surface area contributed by atoms with E-state index in [1.54, 1.807) is 0 Å². The average molecular weight is 261 g/mol. The van der Waals surface area contributed by atoms with Crippen LogP contribution in [-0.2, 0) is 4.74 Å². The number of aromatic nitrogens is 1. The average Bonchev–Trinajstić information content (AvgIpc) is 2.86. The number of ether oxygens (including phenoxy) is 1. The molecule has 0 aromatic carbocycles. The summed E-state index contributed by atoms with van der Waals surface area (Å²) in [7, 11) is 2.21. The third-order valence-electron chi connectivity index (χ3n) is 4.29. The number of hydrogen-bond donors (Lipinski definition) is 0. The molecule has 19 heavy (non-hydrogen) atoms. The normalized spacial score (nSPS) is 24.9. The predicted molar refractivity (Wildman–Crippen MR) is 76.6 cm³/mol. The van der Waals surface area contributed by atoms with Crippen LogP contribution in [0.15, 0.2) is 12.3 Å². The van der Waals surface area contributed by atoms with E-state index in [2.05, 4.69) is 36.0 Å². The minimum atomic E-state index is 0.560. The zero-order chi connectivity index (χ0) is 13.2. The van der Waals surface area contributed by atoms with Crippen LogP contribution in [0.5, 0.6) is 0 Å². The van der Waals surface area contributed by atoms with Gasteiger partial charge < -0.3 is 9.64 Å². The van der Waals surface area contributed by atoms with Gasteiger partial charge in [0.2, 0.25) is 0 Å². The highest BCUT2D eigenvalue weighted by Gasteiger charge is 2.24. The van der Waals surface area contributed by atoms with Crippen molar-refractivity contribution in [2.45, 2.75) is 25.8 Å². The zero-order valence-electron chi connectivity index (χ0n) is 11.9. The van der Waals surface area contributed by atoms with E-state index in [1.807, 2.05) is 0 Å². The summed E-state index contributed by atoms with van der Waals surface area (Å²) in [4.78, 5) is 9.49. The van der Waals surface area contributed by atoms with Crippen LogP contribution in [0.2, 0.25) is 0 Å². The van der Waals surface area contributed by atoms with Crippen LogP contribution in [0, 0.1) is 6.92 Å². The summed E-state index contributed by atoms with van der Waals surface area (Å²) in [5.74, 6) is 1.13. The standard InChI is InChI=1S/C15H23N3O/c1-12-10-13(14-4-3-5-17(14)2)11-16-15(12)18-6-8-19-9-7-18/h10-11,14H,3-9H2,1-2H3/t14-/m1/s1. The largest absolute Gasteiger partial charge is 0.378 e. The Morgan fingerprint density at radius 3 is 2.68 bits per heavy atom. The zero-order valence-corrected chi connectivity index (χ0v) is 11.9. The molecule has 104 valence electrons. The molecule has 1 aromatic rings. The van der Waals surface area contributed by atoms with Gasteiger partial charge in [-0.3, -0.25) is 4.90 Å². The fourth-order valence-corrected chi connectivity index (χ4v) is 3.21. The molecule has 0 saturated carbocycles. The number of aryl methyl sites for hydroxylation is 1. The molecule has 0 aliphatic carbocycles. The van der Waals surface area contributed by atoms with Crippen LogP contribution in [0.3, 0.4) is 0 Å². The van der Waals surface area contributed by atoms with E-state index in [1.165, 1.54) is 30.5 Å². The van der Waals surface area contributed by atoms with E-state index < -0.39 is 0 Å². The van der Waals surface area contributed by atoms with Gasteiger partial charge in [0.15, 0.2) is 0 Å². The highest BCUT2D eigenvalue weighted by molar-refractivity contribution is 5.48. The summed E-state index contributed by atoms with van der Waals surface area (Å²) in [6.07, 6.45) is 4.63. The third-order valence-corrected chi connectivity index (χ3v) is 4.29. The lowest BCUT2D eigenvalue weighted by atomic mass is 10.0. The summed E-state index contributed by atoms with van der Waals surface area (Å²) in [5, 5.41) is 0. The van der Waals surface area contributed by atoms with Crippen LogP contribution in [0.4, 0.5) is 5.82 Å². The molecule has 1 aromatic heterocycles. The van der Waals surface area contributed by atoms with Crippen LogP contribution in [-0.4, -0.2) is 49.8 Å². The van der Waals surface area contributed by atoms with E-state index in [0.29, 0.717) is 6.04 Å². The topological polar surface area (TPSA) is 28.6 Å². The molecule has 3 rings (SSSR count). The van der Waals surface area contributed by atoms with Crippen LogP contribution in [0.1, 0.15) is 30.0 Å². The minimum Gasteiger partial charge on any atom is -0.378 e. The van der Waals surface area contributed by atoms with Gasteiger partial charge in [-0.2, -0.15) is 0 Å². The lowest BCUT2D eigenvalue weighted by Crippen LogP contribution is -2.37. The minimum absolute atomic E-state index is 0.560. The summed E-state index contributed by atoms with van der Waals surface area (Å²) < 4.78 is 5.40. The van der Waals surface area contributed by atoms with Gasteiger partial charge in [0, 0.05) is 25.3 Å². The van der Waals surface area contributed by atoms with Gasteiger partial charge in [-0.25, -0.2) is 4.98 Å². The summed E-state index contributed by atoms with van der Waals surface area (Å²) >= 11 is 0. The molecule has 1 atom stereocenters. The molecule has 2 aliphatic heterocycles. The number of anilines is 1.